The van der Waals surface area contributed by atoms with E-state index in [1.54, 1.807) is 24.3 Å². The van der Waals surface area contributed by atoms with E-state index in [-0.39, 0.29) is 11.3 Å². The van der Waals surface area contributed by atoms with Crippen molar-refractivity contribution in [2.24, 2.45) is 0 Å². The van der Waals surface area contributed by atoms with Crippen LogP contribution in [-0.4, -0.2) is 24.2 Å². The van der Waals surface area contributed by atoms with Crippen LogP contribution in [0.2, 0.25) is 5.02 Å². The van der Waals surface area contributed by atoms with Gasteiger partial charge >= 0.3 is 6.18 Å². The fourth-order valence-corrected chi connectivity index (χ4v) is 3.76. The van der Waals surface area contributed by atoms with Gasteiger partial charge in [0.2, 0.25) is 5.88 Å². The van der Waals surface area contributed by atoms with Crippen molar-refractivity contribution in [1.29, 1.82) is 0 Å². The number of amides is 1. The van der Waals surface area contributed by atoms with Crippen molar-refractivity contribution >= 4 is 29.1 Å². The van der Waals surface area contributed by atoms with Gasteiger partial charge in [0.25, 0.3) is 5.91 Å². The Morgan fingerprint density at radius 2 is 1.77 bits per heavy atom. The largest absolute Gasteiger partial charge is 0.416 e. The molecule has 0 bridgehead atoms. The van der Waals surface area contributed by atoms with Gasteiger partial charge in [0.1, 0.15) is 11.3 Å². The molecule has 1 amide bonds. The number of benzene rings is 2. The summed E-state index contributed by atoms with van der Waals surface area (Å²) in [5.74, 6) is -0.159. The summed E-state index contributed by atoms with van der Waals surface area (Å²) in [6.45, 7) is 1.41. The molecule has 5 nitrogen and oxygen atoms in total. The summed E-state index contributed by atoms with van der Waals surface area (Å²) in [6, 6.07) is 11.2. The SMILES string of the molecule is O=C(Nc1cccc(Cl)c1)c1c(-c2ccc(C(F)(F)F)cc2)noc1N1CCCCC1. The van der Waals surface area contributed by atoms with Gasteiger partial charge in [0.15, 0.2) is 0 Å². The monoisotopic (exact) mass is 449 g/mol. The highest BCUT2D eigenvalue weighted by Gasteiger charge is 2.32. The quantitative estimate of drug-likeness (QED) is 0.511. The second-order valence-electron chi connectivity index (χ2n) is 7.30. The van der Waals surface area contributed by atoms with E-state index < -0.39 is 17.6 Å². The first-order chi connectivity index (χ1) is 14.8. The van der Waals surface area contributed by atoms with E-state index in [4.69, 9.17) is 16.1 Å². The lowest BCUT2D eigenvalue weighted by molar-refractivity contribution is -0.137. The third kappa shape index (κ3) is 4.69. The Labute approximate surface area is 181 Å². The van der Waals surface area contributed by atoms with E-state index >= 15 is 0 Å². The number of anilines is 2. The molecule has 162 valence electrons. The number of carbonyl (C=O) groups is 1. The van der Waals surface area contributed by atoms with Crippen LogP contribution < -0.4 is 10.2 Å². The zero-order chi connectivity index (χ0) is 22.0. The smallest absolute Gasteiger partial charge is 0.340 e. The summed E-state index contributed by atoms with van der Waals surface area (Å²) in [4.78, 5) is 15.2. The van der Waals surface area contributed by atoms with Gasteiger partial charge < -0.3 is 14.7 Å². The number of nitrogens with zero attached hydrogens (tertiary/aromatic N) is 2. The van der Waals surface area contributed by atoms with E-state index in [1.807, 2.05) is 4.90 Å². The van der Waals surface area contributed by atoms with Crippen molar-refractivity contribution < 1.29 is 22.5 Å². The average Bonchev–Trinajstić information content (AvgIpc) is 3.19. The molecule has 1 fully saturated rings. The van der Waals surface area contributed by atoms with Gasteiger partial charge in [-0.15, -0.1) is 0 Å². The molecule has 31 heavy (non-hydrogen) atoms. The summed E-state index contributed by atoms with van der Waals surface area (Å²) in [5, 5.41) is 7.29. The number of hydrogen-bond acceptors (Lipinski definition) is 4. The van der Waals surface area contributed by atoms with E-state index in [9.17, 15) is 18.0 Å². The molecular formula is C22H19ClF3N3O2. The van der Waals surface area contributed by atoms with E-state index in [0.29, 0.717) is 35.2 Å². The van der Waals surface area contributed by atoms with Crippen LogP contribution in [-0.2, 0) is 6.18 Å². The fraction of sp³-hybridized carbons (Fsp3) is 0.273. The molecule has 1 aliphatic rings. The predicted molar refractivity (Wildman–Crippen MR) is 112 cm³/mol. The molecule has 1 aromatic heterocycles. The number of hydrogen-bond donors (Lipinski definition) is 1. The number of nitrogens with one attached hydrogen (secondary N) is 1. The zero-order valence-corrected chi connectivity index (χ0v) is 17.1. The molecule has 0 unspecified atom stereocenters. The minimum atomic E-state index is -4.45. The van der Waals surface area contributed by atoms with Crippen molar-refractivity contribution in [3.05, 3.63) is 64.7 Å². The molecule has 2 aromatic carbocycles. The Morgan fingerprint density at radius 1 is 1.06 bits per heavy atom. The summed E-state index contributed by atoms with van der Waals surface area (Å²) < 4.78 is 44.3. The number of piperidine rings is 1. The lowest BCUT2D eigenvalue weighted by Crippen LogP contribution is -2.30. The molecule has 0 aliphatic carbocycles. The highest BCUT2D eigenvalue weighted by molar-refractivity contribution is 6.31. The molecule has 4 rings (SSSR count). The van der Waals surface area contributed by atoms with Gasteiger partial charge in [-0.25, -0.2) is 0 Å². The predicted octanol–water partition coefficient (Wildman–Crippen LogP) is 6.26. The molecule has 1 saturated heterocycles. The maximum atomic E-state index is 13.2. The van der Waals surface area contributed by atoms with E-state index in [0.717, 1.165) is 31.4 Å². The van der Waals surface area contributed by atoms with Crippen molar-refractivity contribution in [3.63, 3.8) is 0 Å². The van der Waals surface area contributed by atoms with Gasteiger partial charge in [-0.05, 0) is 49.6 Å². The summed E-state index contributed by atoms with van der Waals surface area (Å²) >= 11 is 6.00. The first-order valence-corrected chi connectivity index (χ1v) is 10.2. The average molecular weight is 450 g/mol. The lowest BCUT2D eigenvalue weighted by Gasteiger charge is -2.26. The Hall–Kier alpha value is -3.00. The van der Waals surface area contributed by atoms with Crippen molar-refractivity contribution in [3.8, 4) is 11.3 Å². The molecule has 0 atom stereocenters. The van der Waals surface area contributed by atoms with Crippen LogP contribution in [0, 0.1) is 0 Å². The number of halogens is 4. The molecule has 2 heterocycles. The van der Waals surface area contributed by atoms with Crippen molar-refractivity contribution in [1.82, 2.24) is 5.16 Å². The van der Waals surface area contributed by atoms with E-state index in [1.165, 1.54) is 12.1 Å². The van der Waals surface area contributed by atoms with Gasteiger partial charge in [-0.1, -0.05) is 35.0 Å². The van der Waals surface area contributed by atoms with Crippen LogP contribution in [0.4, 0.5) is 24.7 Å². The topological polar surface area (TPSA) is 58.4 Å². The molecule has 1 N–H and O–H groups in total. The van der Waals surface area contributed by atoms with Crippen LogP contribution in [0.15, 0.2) is 53.1 Å². The third-order valence-corrected chi connectivity index (χ3v) is 5.35. The highest BCUT2D eigenvalue weighted by Crippen LogP contribution is 2.35. The van der Waals surface area contributed by atoms with Gasteiger partial charge in [0, 0.05) is 29.4 Å². The number of alkyl halides is 3. The molecule has 0 saturated carbocycles. The zero-order valence-electron chi connectivity index (χ0n) is 16.4. The Balaban J connectivity index is 1.73. The summed E-state index contributed by atoms with van der Waals surface area (Å²) in [5.41, 5.74) is 0.439. The van der Waals surface area contributed by atoms with Crippen LogP contribution >= 0.6 is 11.6 Å². The maximum Gasteiger partial charge on any atom is 0.416 e. The molecular weight excluding hydrogens is 431 g/mol. The van der Waals surface area contributed by atoms with Crippen molar-refractivity contribution in [2.45, 2.75) is 25.4 Å². The highest BCUT2D eigenvalue weighted by atomic mass is 35.5. The van der Waals surface area contributed by atoms with E-state index in [2.05, 4.69) is 10.5 Å². The second kappa shape index (κ2) is 8.63. The maximum absolute atomic E-state index is 13.2. The van der Waals surface area contributed by atoms with Crippen LogP contribution in [0.25, 0.3) is 11.3 Å². The number of aromatic nitrogens is 1. The normalized spacial score (nSPS) is 14.5. The number of carbonyl (C=O) groups excluding carboxylic acids is 1. The lowest BCUT2D eigenvalue weighted by atomic mass is 10.0. The van der Waals surface area contributed by atoms with Crippen LogP contribution in [0.1, 0.15) is 35.2 Å². The molecule has 0 radical (unpaired) electrons. The van der Waals surface area contributed by atoms with Gasteiger partial charge in [-0.3, -0.25) is 4.79 Å². The standard InChI is InChI=1S/C22H19ClF3N3O2/c23-16-5-4-6-17(13-16)27-20(30)18-19(14-7-9-15(10-8-14)22(24,25)26)28-31-21(18)29-11-2-1-3-12-29/h4-10,13H,1-3,11-12H2,(H,27,30). The van der Waals surface area contributed by atoms with Crippen LogP contribution in [0.5, 0.6) is 0 Å². The van der Waals surface area contributed by atoms with Gasteiger partial charge in [-0.2, -0.15) is 13.2 Å². The Kier molecular flexibility index (Phi) is 5.91. The second-order valence-corrected chi connectivity index (χ2v) is 7.74. The minimum absolute atomic E-state index is 0.182. The minimum Gasteiger partial charge on any atom is -0.340 e. The first kappa shape index (κ1) is 21.2. The molecule has 3 aromatic rings. The summed E-state index contributed by atoms with van der Waals surface area (Å²) in [6.07, 6.45) is -1.47. The Morgan fingerprint density at radius 3 is 2.42 bits per heavy atom. The summed E-state index contributed by atoms with van der Waals surface area (Å²) in [7, 11) is 0. The molecule has 1 aliphatic heterocycles. The molecule has 9 heteroatoms. The first-order valence-electron chi connectivity index (χ1n) is 9.82. The third-order valence-electron chi connectivity index (χ3n) is 5.11. The fourth-order valence-electron chi connectivity index (χ4n) is 3.57. The Bertz CT molecular complexity index is 1070. The van der Waals surface area contributed by atoms with Crippen LogP contribution in [0.3, 0.4) is 0 Å². The van der Waals surface area contributed by atoms with Gasteiger partial charge in [0.05, 0.1) is 5.56 Å². The number of rotatable bonds is 4. The molecule has 0 spiro atoms. The van der Waals surface area contributed by atoms with Crippen molar-refractivity contribution in [2.75, 3.05) is 23.3 Å².